The third kappa shape index (κ3) is 2.32. The maximum absolute atomic E-state index is 11.4. The number of halogens is 1. The molecular weight excluding hydrogens is 240 g/mol. The van der Waals surface area contributed by atoms with Gasteiger partial charge in [-0.3, -0.25) is 0 Å². The molecule has 0 bridgehead atoms. The molecule has 4 heteroatoms. The highest BCUT2D eigenvalue weighted by molar-refractivity contribution is 9.09. The first-order valence-electron chi connectivity index (χ1n) is 3.50. The van der Waals surface area contributed by atoms with Gasteiger partial charge in [0.15, 0.2) is 9.84 Å². The minimum Gasteiger partial charge on any atom is -0.224 e. The molecule has 1 rings (SSSR count). The van der Waals surface area contributed by atoms with Gasteiger partial charge < -0.3 is 0 Å². The lowest BCUT2D eigenvalue weighted by Gasteiger charge is -1.99. The second-order valence-electron chi connectivity index (χ2n) is 2.32. The second-order valence-corrected chi connectivity index (χ2v) is 5.22. The normalized spacial score (nSPS) is 11.4. The van der Waals surface area contributed by atoms with Crippen molar-refractivity contribution in [1.29, 1.82) is 0 Å². The van der Waals surface area contributed by atoms with Crippen LogP contribution in [0.2, 0.25) is 0 Å². The molecule has 1 aromatic carbocycles. The number of sulfone groups is 1. The van der Waals surface area contributed by atoms with Gasteiger partial charge in [-0.15, -0.1) is 0 Å². The Bertz CT molecular complexity index is 331. The maximum Gasteiger partial charge on any atom is 0.179 e. The minimum atomic E-state index is -3.06. The Morgan fingerprint density at radius 1 is 1.17 bits per heavy atom. The zero-order valence-electron chi connectivity index (χ0n) is 6.40. The molecule has 0 saturated carbocycles. The molecule has 0 fully saturated rings. The molecule has 0 aliphatic heterocycles. The Balaban J connectivity index is 2.99. The number of hydrogen-bond acceptors (Lipinski definition) is 2. The van der Waals surface area contributed by atoms with E-state index in [9.17, 15) is 8.42 Å². The van der Waals surface area contributed by atoms with Crippen LogP contribution in [0.15, 0.2) is 35.2 Å². The van der Waals surface area contributed by atoms with Crippen LogP contribution in [0.25, 0.3) is 0 Å². The van der Waals surface area contributed by atoms with E-state index in [2.05, 4.69) is 15.9 Å². The van der Waals surface area contributed by atoms with Gasteiger partial charge in [-0.05, 0) is 12.1 Å². The number of alkyl halides is 1. The van der Waals surface area contributed by atoms with Crippen molar-refractivity contribution in [3.63, 3.8) is 0 Å². The summed E-state index contributed by atoms with van der Waals surface area (Å²) in [5.41, 5.74) is 0. The van der Waals surface area contributed by atoms with Crippen LogP contribution in [0.4, 0.5) is 0 Å². The van der Waals surface area contributed by atoms with Crippen LogP contribution in [-0.4, -0.2) is 19.5 Å². The molecule has 0 aliphatic rings. The van der Waals surface area contributed by atoms with Gasteiger partial charge in [-0.1, -0.05) is 34.1 Å². The van der Waals surface area contributed by atoms with Crippen molar-refractivity contribution < 1.29 is 8.42 Å². The van der Waals surface area contributed by atoms with E-state index in [0.717, 1.165) is 0 Å². The molecule has 0 aromatic heterocycles. The summed E-state index contributed by atoms with van der Waals surface area (Å²) in [6, 6.07) is 8.46. The number of hydrogen-bond donors (Lipinski definition) is 0. The molecule has 1 aromatic rings. The van der Waals surface area contributed by atoms with E-state index in [0.29, 0.717) is 10.2 Å². The van der Waals surface area contributed by atoms with Gasteiger partial charge in [-0.2, -0.15) is 0 Å². The van der Waals surface area contributed by atoms with Crippen molar-refractivity contribution in [3.05, 3.63) is 30.3 Å². The Hall–Kier alpha value is -0.350. The molecule has 0 saturated heterocycles. The molecule has 12 heavy (non-hydrogen) atoms. The summed E-state index contributed by atoms with van der Waals surface area (Å²) in [5, 5.41) is 0.476. The minimum absolute atomic E-state index is 0.150. The van der Waals surface area contributed by atoms with Gasteiger partial charge in [0, 0.05) is 5.33 Å². The maximum atomic E-state index is 11.4. The van der Waals surface area contributed by atoms with Crippen LogP contribution in [0.3, 0.4) is 0 Å². The van der Waals surface area contributed by atoms with Crippen LogP contribution in [0.5, 0.6) is 0 Å². The zero-order chi connectivity index (χ0) is 9.03. The molecule has 0 atom stereocenters. The second kappa shape index (κ2) is 4.05. The van der Waals surface area contributed by atoms with Gasteiger partial charge in [0.2, 0.25) is 0 Å². The zero-order valence-corrected chi connectivity index (χ0v) is 8.81. The molecule has 66 valence electrons. The van der Waals surface area contributed by atoms with Crippen molar-refractivity contribution in [1.82, 2.24) is 0 Å². The molecule has 0 aliphatic carbocycles. The van der Waals surface area contributed by atoms with Crippen LogP contribution >= 0.6 is 15.9 Å². The topological polar surface area (TPSA) is 34.1 Å². The predicted molar refractivity (Wildman–Crippen MR) is 52.3 cm³/mol. The van der Waals surface area contributed by atoms with E-state index in [1.54, 1.807) is 30.3 Å². The lowest BCUT2D eigenvalue weighted by molar-refractivity contribution is 0.597. The fraction of sp³-hybridized carbons (Fsp3) is 0.250. The van der Waals surface area contributed by atoms with Gasteiger partial charge >= 0.3 is 0 Å². The van der Waals surface area contributed by atoms with Crippen molar-refractivity contribution in [2.45, 2.75) is 4.90 Å². The first kappa shape index (κ1) is 9.74. The van der Waals surface area contributed by atoms with Crippen molar-refractivity contribution in [3.8, 4) is 0 Å². The monoisotopic (exact) mass is 248 g/mol. The first-order valence-corrected chi connectivity index (χ1v) is 6.28. The summed E-state index contributed by atoms with van der Waals surface area (Å²) in [4.78, 5) is 0.393. The largest absolute Gasteiger partial charge is 0.224 e. The molecule has 0 unspecified atom stereocenters. The van der Waals surface area contributed by atoms with Crippen LogP contribution in [0, 0.1) is 0 Å². The van der Waals surface area contributed by atoms with Crippen molar-refractivity contribution >= 4 is 25.8 Å². The van der Waals surface area contributed by atoms with Crippen LogP contribution in [0.1, 0.15) is 0 Å². The fourth-order valence-corrected chi connectivity index (χ4v) is 3.14. The van der Waals surface area contributed by atoms with Crippen LogP contribution in [-0.2, 0) is 9.84 Å². The highest BCUT2D eigenvalue weighted by Gasteiger charge is 2.11. The van der Waals surface area contributed by atoms with E-state index in [1.165, 1.54) is 0 Å². The standard InChI is InChI=1S/C8H9BrO2S/c9-6-7-12(10,11)8-4-2-1-3-5-8/h1-5H,6-7H2. The summed E-state index contributed by atoms with van der Waals surface area (Å²) < 4.78 is 22.8. The predicted octanol–water partition coefficient (Wildman–Crippen LogP) is 1.86. The summed E-state index contributed by atoms with van der Waals surface area (Å²) in [6.07, 6.45) is 0. The first-order chi connectivity index (χ1) is 5.67. The number of benzene rings is 1. The number of rotatable bonds is 3. The van der Waals surface area contributed by atoms with E-state index in [-0.39, 0.29) is 5.75 Å². The molecule has 0 heterocycles. The Morgan fingerprint density at radius 3 is 2.25 bits per heavy atom. The van der Waals surface area contributed by atoms with E-state index in [1.807, 2.05) is 0 Å². The van der Waals surface area contributed by atoms with E-state index in [4.69, 9.17) is 0 Å². The van der Waals surface area contributed by atoms with Crippen LogP contribution < -0.4 is 0 Å². The Morgan fingerprint density at radius 2 is 1.75 bits per heavy atom. The third-order valence-corrected chi connectivity index (χ3v) is 4.10. The Kier molecular flexibility index (Phi) is 3.29. The van der Waals surface area contributed by atoms with Gasteiger partial charge in [0.05, 0.1) is 10.6 Å². The summed E-state index contributed by atoms with van der Waals surface area (Å²) in [6.45, 7) is 0. The highest BCUT2D eigenvalue weighted by Crippen LogP contribution is 2.10. The van der Waals surface area contributed by atoms with Crippen molar-refractivity contribution in [2.75, 3.05) is 11.1 Å². The lowest BCUT2D eigenvalue weighted by Crippen LogP contribution is -2.07. The highest BCUT2D eigenvalue weighted by atomic mass is 79.9. The SMILES string of the molecule is O=S(=O)(CCBr)c1ccccc1. The molecule has 0 radical (unpaired) electrons. The van der Waals surface area contributed by atoms with Gasteiger partial charge in [-0.25, -0.2) is 8.42 Å². The fourth-order valence-electron chi connectivity index (χ4n) is 0.847. The van der Waals surface area contributed by atoms with E-state index < -0.39 is 9.84 Å². The van der Waals surface area contributed by atoms with Gasteiger partial charge in [0.1, 0.15) is 0 Å². The van der Waals surface area contributed by atoms with E-state index >= 15 is 0 Å². The molecular formula is C8H9BrO2S. The van der Waals surface area contributed by atoms with Gasteiger partial charge in [0.25, 0.3) is 0 Å². The average molecular weight is 249 g/mol. The Labute approximate surface area is 80.7 Å². The quantitative estimate of drug-likeness (QED) is 0.766. The summed E-state index contributed by atoms with van der Waals surface area (Å²) >= 11 is 3.10. The third-order valence-electron chi connectivity index (χ3n) is 1.45. The molecule has 0 amide bonds. The molecule has 0 spiro atoms. The summed E-state index contributed by atoms with van der Waals surface area (Å²) in [7, 11) is -3.06. The molecule has 2 nitrogen and oxygen atoms in total. The molecule has 0 N–H and O–H groups in total. The average Bonchev–Trinajstić information content (AvgIpc) is 2.06. The lowest BCUT2D eigenvalue weighted by atomic mass is 10.4. The summed E-state index contributed by atoms with van der Waals surface area (Å²) in [5.74, 6) is 0.150. The van der Waals surface area contributed by atoms with Crippen molar-refractivity contribution in [2.24, 2.45) is 0 Å². The smallest absolute Gasteiger partial charge is 0.179 e.